The standard InChI is InChI=1S/C22H20N2O10.C16H15N3O5.C13H17N3O4S2.C11H13NO6S.2BrH.2K/c25-13(19-15(27)17(29)21(31)33-19)9-23-5-1-11(2-6-23)12-3-7-24(8-4-12)10-14(26)20-16(28)18(30)22(32)34-20;1-18(2)13-8-4-7-12(14(13)16(21)22)15(20)17-10-5-3-6-11(9-10)19(23)24;1-9-6-10(16(19)20)4-5-11(9)22-8-13(18)15(3)14(2)12(17)7-21;1-2-8(13)11(16)19-9-6(10(14)15)4-3-5-7(9)12(17)18;;;;/h1-8,13-14,19-20,25-26H,9-10H2,(H2,27,28,29,30,31,32);3-9H,1-2H3,(H,17,20)(H,21,22);4-6,21H,7-8H2,1-3H3;3-5,8,11,13,16H,2H2,1H3,(H,14,15);2*1H;;/q;;;;;;2*+1/p-2. The third kappa shape index (κ3) is 26.4. The van der Waals surface area contributed by atoms with E-state index in [2.05, 4.69) is 17.9 Å². The van der Waals surface area contributed by atoms with Crippen LogP contribution in [-0.4, -0.2) is 183 Å². The van der Waals surface area contributed by atoms with Gasteiger partial charge in [-0.15, -0.1) is 11.8 Å². The van der Waals surface area contributed by atoms with Gasteiger partial charge in [0.1, 0.15) is 5.44 Å². The SMILES string of the molecule is CCC(O)C(O)Sc1c(C(=O)[O-])cccc1[N+](=O)[O-].CN(C)c1cccc(C(=O)Nc2cccc([N+](=O)[O-])c2)c1C(=O)[O-].Cc1cc([N+](=O)[O-])ccc1SCC(=O)N(C)N(C)C(=O)CS.O=C1OC(C(O)C[n+]2ccc(-c3cc[n+](CC(O)C4OC(=O)C(O)=C4O)cc3)cc2)C(O)=C1O.[Br-].[Br-].[K+].[K+]. The van der Waals surface area contributed by atoms with Crippen LogP contribution < -0.4 is 166 Å². The monoisotopic (exact) mass is 1670 g/mol. The average molecular weight is 1670 g/mol. The molecule has 4 heterocycles. The minimum Gasteiger partial charge on any atom is -1.00 e. The number of carboxylic acid groups (broad SMARTS) is 2. The van der Waals surface area contributed by atoms with Crippen LogP contribution in [0.25, 0.3) is 11.1 Å². The van der Waals surface area contributed by atoms with Crippen LogP contribution >= 0.6 is 36.2 Å². The number of nitrogens with one attached hydrogen (secondary N) is 1. The molecular weight excluding hydrogens is 1600 g/mol. The number of pyridine rings is 2. The largest absolute Gasteiger partial charge is 1.00 e. The summed E-state index contributed by atoms with van der Waals surface area (Å²) in [4.78, 5) is 113. The predicted octanol–water partition coefficient (Wildman–Crippen LogP) is -9.65. The van der Waals surface area contributed by atoms with Crippen LogP contribution in [-0.2, 0) is 41.7 Å². The second kappa shape index (κ2) is 44.3. The number of hydrogen-bond donors (Lipinski definition) is 10. The van der Waals surface area contributed by atoms with Crippen LogP contribution in [0.4, 0.5) is 28.4 Å². The van der Waals surface area contributed by atoms with Crippen molar-refractivity contribution < 1.29 is 255 Å². The van der Waals surface area contributed by atoms with Gasteiger partial charge in [-0.2, -0.15) is 12.6 Å². The van der Waals surface area contributed by atoms with Gasteiger partial charge < -0.3 is 114 Å². The molecule has 0 saturated carbocycles. The molecule has 9 N–H and O–H groups in total. The molecule has 2 aliphatic rings. The number of thiol groups is 1. The van der Waals surface area contributed by atoms with Gasteiger partial charge in [0.25, 0.3) is 34.8 Å². The molecule has 0 spiro atoms. The second-order valence-corrected chi connectivity index (χ2v) is 23.6. The number of hydrogen-bond acceptors (Lipinski definition) is 29. The second-order valence-electron chi connectivity index (χ2n) is 21.1. The third-order valence-electron chi connectivity index (χ3n) is 14.2. The minimum atomic E-state index is -1.58. The minimum absolute atomic E-state index is 0. The Morgan fingerprint density at radius 2 is 1.11 bits per heavy atom. The van der Waals surface area contributed by atoms with E-state index in [0.717, 1.165) is 33.7 Å². The summed E-state index contributed by atoms with van der Waals surface area (Å²) in [5.74, 6) is -9.55. The van der Waals surface area contributed by atoms with Gasteiger partial charge in [0.2, 0.25) is 11.5 Å². The zero-order valence-corrected chi connectivity index (χ0v) is 67.7. The molecule has 103 heavy (non-hydrogen) atoms. The maximum Gasteiger partial charge on any atom is 1.00 e. The van der Waals surface area contributed by atoms with Crippen molar-refractivity contribution in [2.45, 2.75) is 79.1 Å². The van der Waals surface area contributed by atoms with Crippen molar-refractivity contribution in [2.75, 3.05) is 49.9 Å². The van der Waals surface area contributed by atoms with Gasteiger partial charge in [0, 0.05) is 110 Å². The van der Waals surface area contributed by atoms with Gasteiger partial charge in [0.05, 0.1) is 54.8 Å². The fourth-order valence-electron chi connectivity index (χ4n) is 8.77. The first-order valence-corrected chi connectivity index (χ1v) is 31.2. The van der Waals surface area contributed by atoms with Crippen molar-refractivity contribution in [2.24, 2.45) is 0 Å². The van der Waals surface area contributed by atoms with Gasteiger partial charge >= 0.3 is 115 Å². The van der Waals surface area contributed by atoms with E-state index >= 15 is 0 Å². The van der Waals surface area contributed by atoms with E-state index in [0.29, 0.717) is 17.4 Å². The van der Waals surface area contributed by atoms with Crippen LogP contribution in [0.15, 0.2) is 161 Å². The number of anilines is 2. The molecule has 0 saturated heterocycles. The molecule has 0 radical (unpaired) electrons. The summed E-state index contributed by atoms with van der Waals surface area (Å²) < 4.78 is 12.7. The summed E-state index contributed by atoms with van der Waals surface area (Å²) >= 11 is 5.68. The molecule has 0 bridgehead atoms. The molecule has 0 fully saturated rings. The Bertz CT molecular complexity index is 3990. The van der Waals surface area contributed by atoms with Crippen LogP contribution in [0.3, 0.4) is 0 Å². The molecule has 34 nitrogen and oxygen atoms in total. The Labute approximate surface area is 706 Å². The number of cyclic esters (lactones) is 2. The Hall–Kier alpha value is -6.73. The average Bonchev–Trinajstić information content (AvgIpc) is 1.28. The number of halogens is 2. The van der Waals surface area contributed by atoms with E-state index in [1.807, 2.05) is 0 Å². The van der Waals surface area contributed by atoms with Crippen LogP contribution in [0.5, 0.6) is 0 Å². The predicted molar refractivity (Wildman–Crippen MR) is 348 cm³/mol. The number of non-ortho nitro benzene ring substituents is 2. The van der Waals surface area contributed by atoms with Crippen molar-refractivity contribution in [1.29, 1.82) is 0 Å². The Kier molecular flexibility index (Phi) is 40.5. The first kappa shape index (κ1) is 94.3. The molecule has 4 aromatic carbocycles. The number of nitro groups is 3. The summed E-state index contributed by atoms with van der Waals surface area (Å²) in [6.07, 6.45) is 0.599. The number of aromatic carboxylic acids is 2. The fourth-order valence-corrected chi connectivity index (χ4v) is 11.0. The number of rotatable bonds is 23. The number of hydrazine groups is 1. The normalized spacial score (nSPS) is 14.4. The Morgan fingerprint density at radius 3 is 1.52 bits per heavy atom. The molecule has 41 heteroatoms. The first-order chi connectivity index (χ1) is 46.6. The number of carbonyl (C=O) groups is 7. The van der Waals surface area contributed by atoms with E-state index in [1.165, 1.54) is 84.4 Å². The van der Waals surface area contributed by atoms with E-state index in [1.54, 1.807) is 109 Å². The number of aliphatic hydroxyl groups is 8. The van der Waals surface area contributed by atoms with Gasteiger partial charge in [-0.3, -0.25) is 54.7 Å². The number of benzene rings is 4. The zero-order chi connectivity index (χ0) is 73.9. The van der Waals surface area contributed by atoms with Crippen LogP contribution in [0.2, 0.25) is 0 Å². The van der Waals surface area contributed by atoms with Crippen molar-refractivity contribution in [1.82, 2.24) is 10.0 Å². The quantitative estimate of drug-likeness (QED) is 0.00416. The fraction of sp³-hybridized carbons (Fsp3) is 0.274. The number of ether oxygens (including phenoxy) is 2. The summed E-state index contributed by atoms with van der Waals surface area (Å²) in [7, 11) is 6.29. The maximum atomic E-state index is 12.4. The van der Waals surface area contributed by atoms with E-state index in [9.17, 15) is 115 Å². The number of carboxylic acids is 2. The van der Waals surface area contributed by atoms with Gasteiger partial charge in [-0.25, -0.2) is 18.7 Å². The van der Waals surface area contributed by atoms with Crippen molar-refractivity contribution in [3.05, 3.63) is 204 Å². The Morgan fingerprint density at radius 1 is 0.641 bits per heavy atom. The topological polar surface area (TPSA) is 505 Å². The zero-order valence-electron chi connectivity index (χ0n) is 55.7. The molecule has 6 atom stereocenters. The summed E-state index contributed by atoms with van der Waals surface area (Å²) in [5.41, 5.74) is 0.213. The van der Waals surface area contributed by atoms with E-state index in [4.69, 9.17) is 9.47 Å². The molecule has 3 amide bonds. The maximum absolute atomic E-state index is 12.4. The molecule has 0 aliphatic carbocycles. The molecule has 2 aliphatic heterocycles. The van der Waals surface area contributed by atoms with Crippen molar-refractivity contribution in [3.8, 4) is 11.1 Å². The smallest absolute Gasteiger partial charge is 1.00 e. The van der Waals surface area contributed by atoms with E-state index < -0.39 is 109 Å². The molecule has 8 rings (SSSR count). The number of nitro benzene ring substituents is 3. The van der Waals surface area contributed by atoms with Gasteiger partial charge in [0.15, 0.2) is 73.8 Å². The molecular formula is C62H65Br2K2N9O25S3. The molecule has 6 unspecified atom stereocenters. The van der Waals surface area contributed by atoms with E-state index in [-0.39, 0.29) is 218 Å². The van der Waals surface area contributed by atoms with Gasteiger partial charge in [-0.05, 0) is 54.3 Å². The summed E-state index contributed by atoms with van der Waals surface area (Å²) in [5, 5.41) is 137. The number of nitrogens with zero attached hydrogens (tertiary/aromatic N) is 8. The van der Waals surface area contributed by atoms with Gasteiger partial charge in [-0.1, -0.05) is 43.0 Å². The van der Waals surface area contributed by atoms with Crippen LogP contribution in [0, 0.1) is 37.3 Å². The molecule has 6 aromatic rings. The Balaban J connectivity index is 0.000000695. The van der Waals surface area contributed by atoms with Crippen molar-refractivity contribution in [3.63, 3.8) is 0 Å². The summed E-state index contributed by atoms with van der Waals surface area (Å²) in [6.45, 7) is 3.35. The van der Waals surface area contributed by atoms with Crippen LogP contribution in [0.1, 0.15) is 50.0 Å². The number of aryl methyl sites for hydroxylation is 1. The number of amides is 3. The number of aliphatic hydroxyl groups excluding tert-OH is 8. The number of esters is 2. The first-order valence-electron chi connectivity index (χ1n) is 28.7. The number of aromatic nitrogens is 2. The molecule has 2 aromatic heterocycles. The van der Waals surface area contributed by atoms with Crippen molar-refractivity contribution >= 4 is 106 Å². The number of carbonyl (C=O) groups excluding carboxylic acids is 7. The molecule has 542 valence electrons. The third-order valence-corrected chi connectivity index (χ3v) is 16.9. The number of thioether (sulfide) groups is 2. The summed E-state index contributed by atoms with van der Waals surface area (Å²) in [6, 6.07) is 24.9.